The Labute approximate surface area is 176 Å². The second kappa shape index (κ2) is 9.11. The van der Waals surface area contributed by atoms with Crippen LogP contribution in [0.25, 0.3) is 22.1 Å². The van der Waals surface area contributed by atoms with Gasteiger partial charge in [-0.25, -0.2) is 9.97 Å². The van der Waals surface area contributed by atoms with E-state index in [1.165, 1.54) is 0 Å². The summed E-state index contributed by atoms with van der Waals surface area (Å²) in [6, 6.07) is 15.6. The Balaban J connectivity index is 1.62. The van der Waals surface area contributed by atoms with Gasteiger partial charge in [0.25, 0.3) is 0 Å². The fourth-order valence-corrected chi connectivity index (χ4v) is 3.91. The smallest absolute Gasteiger partial charge is 0.223 e. The predicted octanol–water partition coefficient (Wildman–Crippen LogP) is 5.06. The van der Waals surface area contributed by atoms with Crippen LogP contribution in [0.4, 0.5) is 0 Å². The van der Waals surface area contributed by atoms with Crippen LogP contribution in [-0.2, 0) is 11.2 Å². The first-order valence-electron chi connectivity index (χ1n) is 10.9. The Morgan fingerprint density at radius 2 is 1.63 bits per heavy atom. The lowest BCUT2D eigenvalue weighted by Crippen LogP contribution is -2.35. The third-order valence-electron chi connectivity index (χ3n) is 5.66. The normalized spacial score (nSPS) is 13.5. The van der Waals surface area contributed by atoms with E-state index < -0.39 is 0 Å². The highest BCUT2D eigenvalue weighted by Gasteiger charge is 2.24. The van der Waals surface area contributed by atoms with E-state index in [1.54, 1.807) is 0 Å². The Kier molecular flexibility index (Phi) is 6.12. The molecule has 2 atom stereocenters. The van der Waals surface area contributed by atoms with Crippen molar-refractivity contribution >= 4 is 28.0 Å². The van der Waals surface area contributed by atoms with Crippen LogP contribution >= 0.6 is 0 Å². The van der Waals surface area contributed by atoms with Gasteiger partial charge in [0.1, 0.15) is 11.6 Å². The third kappa shape index (κ3) is 4.37. The zero-order chi connectivity index (χ0) is 20.9. The highest BCUT2D eigenvalue weighted by Crippen LogP contribution is 2.22. The minimum Gasteiger partial charge on any atom is -0.345 e. The number of aromatic nitrogens is 4. The Bertz CT molecular complexity index is 1060. The van der Waals surface area contributed by atoms with Crippen molar-refractivity contribution in [2.45, 2.75) is 52.0 Å². The molecular weight excluding hydrogens is 374 g/mol. The van der Waals surface area contributed by atoms with Crippen LogP contribution in [0.5, 0.6) is 0 Å². The van der Waals surface area contributed by atoms with Crippen LogP contribution in [0.15, 0.2) is 48.5 Å². The van der Waals surface area contributed by atoms with Gasteiger partial charge in [-0.15, -0.1) is 0 Å². The fraction of sp³-hybridized carbons (Fsp3) is 0.375. The largest absolute Gasteiger partial charge is 0.345 e. The molecule has 2 heterocycles. The van der Waals surface area contributed by atoms with Crippen molar-refractivity contribution < 1.29 is 4.79 Å². The maximum atomic E-state index is 13.1. The topological polar surface area (TPSA) is 86.5 Å². The molecule has 1 amide bonds. The SMILES string of the molecule is CCCCC(CC)C(=O)NC(Cc1nc2ccccc2[nH]1)c1nc2ccccc2[nH]1. The number of hydrogen-bond acceptors (Lipinski definition) is 3. The number of fused-ring (bicyclic) bond motifs is 2. The number of hydrogen-bond donors (Lipinski definition) is 3. The highest BCUT2D eigenvalue weighted by molar-refractivity contribution is 5.80. The molecule has 0 aliphatic carbocycles. The van der Waals surface area contributed by atoms with Gasteiger partial charge in [-0.2, -0.15) is 0 Å². The summed E-state index contributed by atoms with van der Waals surface area (Å²) >= 11 is 0. The van der Waals surface area contributed by atoms with E-state index in [-0.39, 0.29) is 17.9 Å². The van der Waals surface area contributed by atoms with E-state index in [0.29, 0.717) is 6.42 Å². The van der Waals surface area contributed by atoms with Crippen LogP contribution in [-0.4, -0.2) is 25.8 Å². The molecule has 4 aromatic rings. The number of amides is 1. The summed E-state index contributed by atoms with van der Waals surface area (Å²) in [6.07, 6.45) is 4.45. The lowest BCUT2D eigenvalue weighted by molar-refractivity contribution is -0.126. The molecule has 0 radical (unpaired) electrons. The van der Waals surface area contributed by atoms with Gasteiger partial charge in [0.2, 0.25) is 5.91 Å². The summed E-state index contributed by atoms with van der Waals surface area (Å²) in [5.74, 6) is 1.71. The molecule has 2 aromatic heterocycles. The number of aromatic amines is 2. The monoisotopic (exact) mass is 403 g/mol. The van der Waals surface area contributed by atoms with Crippen molar-refractivity contribution in [3.63, 3.8) is 0 Å². The van der Waals surface area contributed by atoms with Gasteiger partial charge < -0.3 is 15.3 Å². The highest BCUT2D eigenvalue weighted by atomic mass is 16.1. The number of carbonyl (C=O) groups excluding carboxylic acids is 1. The van der Waals surface area contributed by atoms with E-state index in [1.807, 2.05) is 48.5 Å². The first-order valence-corrected chi connectivity index (χ1v) is 10.9. The number of benzene rings is 2. The molecule has 6 nitrogen and oxygen atoms in total. The number of carbonyl (C=O) groups is 1. The zero-order valence-corrected chi connectivity index (χ0v) is 17.6. The summed E-state index contributed by atoms with van der Waals surface area (Å²) < 4.78 is 0. The standard InChI is InChI=1S/C24H29N5O/c1-3-5-10-16(4-2)24(30)29-21(23-27-19-13-8-9-14-20(19)28-23)15-22-25-17-11-6-7-12-18(17)26-22/h6-9,11-14,16,21H,3-5,10,15H2,1-2H3,(H,25,26)(H,27,28)(H,29,30). The Morgan fingerprint density at radius 3 is 2.27 bits per heavy atom. The molecule has 156 valence electrons. The quantitative estimate of drug-likeness (QED) is 0.365. The molecule has 2 aromatic carbocycles. The number of unbranched alkanes of at least 4 members (excludes halogenated alkanes) is 1. The molecule has 0 aliphatic heterocycles. The molecule has 0 fully saturated rings. The van der Waals surface area contributed by atoms with E-state index in [9.17, 15) is 4.79 Å². The average Bonchev–Trinajstić information content (AvgIpc) is 3.37. The molecular formula is C24H29N5O. The Hall–Kier alpha value is -3.15. The summed E-state index contributed by atoms with van der Waals surface area (Å²) in [4.78, 5) is 29.3. The number of nitrogens with one attached hydrogen (secondary N) is 3. The summed E-state index contributed by atoms with van der Waals surface area (Å²) in [7, 11) is 0. The molecule has 0 saturated heterocycles. The van der Waals surface area contributed by atoms with E-state index >= 15 is 0 Å². The van der Waals surface area contributed by atoms with Crippen LogP contribution < -0.4 is 5.32 Å². The van der Waals surface area contributed by atoms with Crippen molar-refractivity contribution in [3.8, 4) is 0 Å². The van der Waals surface area contributed by atoms with Gasteiger partial charge in [0.15, 0.2) is 0 Å². The zero-order valence-electron chi connectivity index (χ0n) is 17.6. The lowest BCUT2D eigenvalue weighted by atomic mass is 9.98. The van der Waals surface area contributed by atoms with Gasteiger partial charge >= 0.3 is 0 Å². The van der Waals surface area contributed by atoms with Gasteiger partial charge in [-0.05, 0) is 37.1 Å². The second-order valence-corrected chi connectivity index (χ2v) is 7.85. The van der Waals surface area contributed by atoms with Crippen LogP contribution in [0.1, 0.15) is 57.2 Å². The third-order valence-corrected chi connectivity index (χ3v) is 5.66. The molecule has 0 spiro atoms. The average molecular weight is 404 g/mol. The van der Waals surface area contributed by atoms with Crippen LogP contribution in [0, 0.1) is 5.92 Å². The molecule has 3 N–H and O–H groups in total. The first-order chi connectivity index (χ1) is 14.7. The second-order valence-electron chi connectivity index (χ2n) is 7.85. The van der Waals surface area contributed by atoms with E-state index in [0.717, 1.165) is 59.4 Å². The van der Waals surface area contributed by atoms with Crippen LogP contribution in [0.2, 0.25) is 0 Å². The van der Waals surface area contributed by atoms with Crippen molar-refractivity contribution in [1.82, 2.24) is 25.3 Å². The van der Waals surface area contributed by atoms with Crippen LogP contribution in [0.3, 0.4) is 0 Å². The number of imidazole rings is 2. The molecule has 0 aliphatic rings. The number of nitrogens with zero attached hydrogens (tertiary/aromatic N) is 2. The van der Waals surface area contributed by atoms with Crippen molar-refractivity contribution in [2.75, 3.05) is 0 Å². The van der Waals surface area contributed by atoms with Crippen molar-refractivity contribution in [3.05, 3.63) is 60.2 Å². The van der Waals surface area contributed by atoms with Crippen molar-refractivity contribution in [2.24, 2.45) is 5.92 Å². The maximum absolute atomic E-state index is 13.1. The number of H-pyrrole nitrogens is 2. The molecule has 2 unspecified atom stereocenters. The number of rotatable bonds is 9. The van der Waals surface area contributed by atoms with Crippen molar-refractivity contribution in [1.29, 1.82) is 0 Å². The fourth-order valence-electron chi connectivity index (χ4n) is 3.91. The van der Waals surface area contributed by atoms with E-state index in [2.05, 4.69) is 29.1 Å². The first kappa shape index (κ1) is 20.1. The van der Waals surface area contributed by atoms with Gasteiger partial charge in [-0.3, -0.25) is 4.79 Å². The summed E-state index contributed by atoms with van der Waals surface area (Å²) in [5, 5.41) is 3.25. The van der Waals surface area contributed by atoms with Gasteiger partial charge in [0.05, 0.1) is 28.1 Å². The Morgan fingerprint density at radius 1 is 0.967 bits per heavy atom. The molecule has 6 heteroatoms. The van der Waals surface area contributed by atoms with Gasteiger partial charge in [0, 0.05) is 12.3 Å². The molecule has 30 heavy (non-hydrogen) atoms. The summed E-state index contributed by atoms with van der Waals surface area (Å²) in [6.45, 7) is 4.23. The molecule has 0 saturated carbocycles. The van der Waals surface area contributed by atoms with Gasteiger partial charge in [-0.1, -0.05) is 51.0 Å². The lowest BCUT2D eigenvalue weighted by Gasteiger charge is -2.20. The minimum atomic E-state index is -0.277. The predicted molar refractivity (Wildman–Crippen MR) is 120 cm³/mol. The maximum Gasteiger partial charge on any atom is 0.223 e. The summed E-state index contributed by atoms with van der Waals surface area (Å²) in [5.41, 5.74) is 3.79. The molecule has 4 rings (SSSR count). The number of para-hydroxylation sites is 4. The minimum absolute atomic E-state index is 0.0208. The van der Waals surface area contributed by atoms with E-state index in [4.69, 9.17) is 9.97 Å². The molecule has 0 bridgehead atoms.